The Kier molecular flexibility index (Phi) is 23.5. The molecule has 7 aromatic rings. The summed E-state index contributed by atoms with van der Waals surface area (Å²) in [4.78, 5) is 62.4. The fourth-order valence-corrected chi connectivity index (χ4v) is 8.69. The Bertz CT molecular complexity index is 3310. The predicted octanol–water partition coefficient (Wildman–Crippen LogP) is 14.0. The molecule has 7 aromatic carbocycles. The van der Waals surface area contributed by atoms with E-state index in [9.17, 15) is 24.0 Å². The standard InChI is InChI=1S/C66H68N2O13/c1-4-61(69)77-40-20-10-7-17-37-74-51-31-27-47(28-32-51)65(72)80-60-44-50(46-67-68-59-43-49-23-13-14-24-54(49)55-25-15-16-26-56(55)59)64(57-36-35-53(45-58(57)60)76-39-19-9-12-22-42-79-63(71)6-3)81-66(73)48-29-33-52(34-30-48)75-38-18-8-11-21-41-78-62(70)5-2/h4-6,13-16,23-36,43-46,68H,1-3,7-12,17-22,37-42H2/b67-46+. The first-order valence-electron chi connectivity index (χ1n) is 27.3. The summed E-state index contributed by atoms with van der Waals surface area (Å²) in [5.74, 6) is -0.631. The minimum atomic E-state index is -0.652. The molecule has 0 heterocycles. The molecular formula is C66H68N2O13. The van der Waals surface area contributed by atoms with E-state index in [2.05, 4.69) is 37.3 Å². The van der Waals surface area contributed by atoms with Crippen molar-refractivity contribution >= 4 is 74.1 Å². The highest BCUT2D eigenvalue weighted by Crippen LogP contribution is 2.40. The molecular weight excluding hydrogens is 1030 g/mol. The van der Waals surface area contributed by atoms with E-state index >= 15 is 0 Å². The molecule has 0 aliphatic rings. The van der Waals surface area contributed by atoms with Crippen LogP contribution >= 0.6 is 0 Å². The first-order valence-corrected chi connectivity index (χ1v) is 27.3. The van der Waals surface area contributed by atoms with Crippen molar-refractivity contribution in [2.45, 2.75) is 77.0 Å². The van der Waals surface area contributed by atoms with Crippen molar-refractivity contribution in [1.82, 2.24) is 0 Å². The number of carbonyl (C=O) groups excluding carboxylic acids is 5. The second-order valence-electron chi connectivity index (χ2n) is 18.8. The molecule has 0 radical (unpaired) electrons. The number of nitrogens with one attached hydrogen (secondary N) is 1. The molecule has 0 bridgehead atoms. The van der Waals surface area contributed by atoms with Crippen molar-refractivity contribution in [3.63, 3.8) is 0 Å². The molecule has 0 aromatic heterocycles. The molecule has 0 spiro atoms. The Morgan fingerprint density at radius 1 is 0.420 bits per heavy atom. The summed E-state index contributed by atoms with van der Waals surface area (Å²) >= 11 is 0. The smallest absolute Gasteiger partial charge is 0.343 e. The molecule has 1 N–H and O–H groups in total. The molecule has 0 amide bonds. The zero-order chi connectivity index (χ0) is 57.0. The number of hydrazone groups is 1. The first-order chi connectivity index (χ1) is 39.6. The van der Waals surface area contributed by atoms with Crippen LogP contribution in [-0.2, 0) is 28.6 Å². The maximum atomic E-state index is 14.2. The van der Waals surface area contributed by atoms with Crippen molar-refractivity contribution in [3.8, 4) is 28.7 Å². The van der Waals surface area contributed by atoms with E-state index in [0.29, 0.717) is 79.6 Å². The highest BCUT2D eigenvalue weighted by atomic mass is 16.6. The lowest BCUT2D eigenvalue weighted by Gasteiger charge is -2.17. The lowest BCUT2D eigenvalue weighted by Crippen LogP contribution is -2.12. The fourth-order valence-electron chi connectivity index (χ4n) is 8.69. The summed E-state index contributed by atoms with van der Waals surface area (Å²) in [7, 11) is 0. The Hall–Kier alpha value is -9.24. The van der Waals surface area contributed by atoms with Gasteiger partial charge in [-0.05, 0) is 172 Å². The van der Waals surface area contributed by atoms with Crippen LogP contribution < -0.4 is 29.1 Å². The van der Waals surface area contributed by atoms with Crippen molar-refractivity contribution < 1.29 is 61.9 Å². The summed E-state index contributed by atoms with van der Waals surface area (Å²) in [6, 6.07) is 38.4. The van der Waals surface area contributed by atoms with Crippen molar-refractivity contribution in [2.24, 2.45) is 5.10 Å². The highest BCUT2D eigenvalue weighted by molar-refractivity contribution is 6.13. The van der Waals surface area contributed by atoms with Crippen LogP contribution in [0.2, 0.25) is 0 Å². The van der Waals surface area contributed by atoms with Gasteiger partial charge in [0.25, 0.3) is 0 Å². The van der Waals surface area contributed by atoms with Crippen LogP contribution in [0, 0.1) is 0 Å². The number of nitrogens with zero attached hydrogens (tertiary/aromatic N) is 1. The van der Waals surface area contributed by atoms with Crippen LogP contribution in [0.3, 0.4) is 0 Å². The molecule has 0 aliphatic carbocycles. The number of ether oxygens (including phenoxy) is 8. The third kappa shape index (κ3) is 18.4. The van der Waals surface area contributed by atoms with Crippen LogP contribution in [-0.4, -0.2) is 75.7 Å². The number of anilines is 1. The molecule has 0 saturated carbocycles. The Morgan fingerprint density at radius 3 is 1.38 bits per heavy atom. The number of esters is 5. The molecule has 7 rings (SSSR count). The van der Waals surface area contributed by atoms with Gasteiger partial charge in [0.2, 0.25) is 0 Å². The van der Waals surface area contributed by atoms with Gasteiger partial charge in [-0.25, -0.2) is 24.0 Å². The van der Waals surface area contributed by atoms with E-state index in [0.717, 1.165) is 116 Å². The van der Waals surface area contributed by atoms with Gasteiger partial charge in [0.05, 0.1) is 62.7 Å². The zero-order valence-corrected chi connectivity index (χ0v) is 45.5. The molecule has 420 valence electrons. The predicted molar refractivity (Wildman–Crippen MR) is 315 cm³/mol. The van der Waals surface area contributed by atoms with Crippen molar-refractivity contribution in [3.05, 3.63) is 182 Å². The van der Waals surface area contributed by atoms with Gasteiger partial charge in [0.15, 0.2) is 0 Å². The maximum Gasteiger partial charge on any atom is 0.343 e. The SMILES string of the molecule is C=CC(=O)OCCCCCCOc1ccc(C(=O)Oc2cc(/C=N/Nc3cc4ccccc4c4ccccc34)c(OC(=O)c3ccc(OCCCCCCOC(=O)C=C)cc3)c3ccc(OCCCCCCOC(=O)C=C)cc23)cc1. The molecule has 0 aliphatic heterocycles. The van der Waals surface area contributed by atoms with E-state index in [1.807, 2.05) is 42.5 Å². The van der Waals surface area contributed by atoms with Gasteiger partial charge in [-0.2, -0.15) is 5.10 Å². The van der Waals surface area contributed by atoms with E-state index in [-0.39, 0.29) is 22.6 Å². The van der Waals surface area contributed by atoms with Crippen LogP contribution in [0.25, 0.3) is 32.3 Å². The second-order valence-corrected chi connectivity index (χ2v) is 18.8. The van der Waals surface area contributed by atoms with Gasteiger partial charge in [-0.3, -0.25) is 5.43 Å². The van der Waals surface area contributed by atoms with Crippen LogP contribution in [0.15, 0.2) is 170 Å². The molecule has 15 nitrogen and oxygen atoms in total. The summed E-state index contributed by atoms with van der Waals surface area (Å²) in [5.41, 5.74) is 4.83. The minimum Gasteiger partial charge on any atom is -0.494 e. The van der Waals surface area contributed by atoms with Gasteiger partial charge < -0.3 is 37.9 Å². The van der Waals surface area contributed by atoms with E-state index in [1.165, 1.54) is 6.21 Å². The number of hydrogen-bond acceptors (Lipinski definition) is 15. The second kappa shape index (κ2) is 32.0. The third-order valence-corrected chi connectivity index (χ3v) is 12.9. The van der Waals surface area contributed by atoms with E-state index in [4.69, 9.17) is 43.0 Å². The van der Waals surface area contributed by atoms with Gasteiger partial charge in [-0.15, -0.1) is 0 Å². The van der Waals surface area contributed by atoms with Crippen LogP contribution in [0.1, 0.15) is 103 Å². The summed E-state index contributed by atoms with van der Waals surface area (Å²) in [6.07, 6.45) is 14.7. The Morgan fingerprint density at radius 2 is 0.864 bits per heavy atom. The van der Waals surface area contributed by atoms with Crippen LogP contribution in [0.4, 0.5) is 5.69 Å². The summed E-state index contributed by atoms with van der Waals surface area (Å²) < 4.78 is 45.9. The number of carbonyl (C=O) groups is 5. The highest BCUT2D eigenvalue weighted by Gasteiger charge is 2.22. The number of fused-ring (bicyclic) bond motifs is 4. The molecule has 15 heteroatoms. The van der Waals surface area contributed by atoms with E-state index < -0.39 is 29.8 Å². The Balaban J connectivity index is 1.13. The lowest BCUT2D eigenvalue weighted by atomic mass is 10.0. The fraction of sp³-hybridized carbons (Fsp3) is 0.273. The largest absolute Gasteiger partial charge is 0.494 e. The van der Waals surface area contributed by atoms with E-state index in [1.54, 1.807) is 72.8 Å². The van der Waals surface area contributed by atoms with Gasteiger partial charge in [0.1, 0.15) is 28.7 Å². The molecule has 0 saturated heterocycles. The van der Waals surface area contributed by atoms with Crippen molar-refractivity contribution in [1.29, 1.82) is 0 Å². The average molecular weight is 1100 g/mol. The van der Waals surface area contributed by atoms with Gasteiger partial charge >= 0.3 is 29.8 Å². The summed E-state index contributed by atoms with van der Waals surface area (Å²) in [6.45, 7) is 12.6. The quantitative estimate of drug-likeness (QED) is 0.00587. The first kappa shape index (κ1) is 59.4. The monoisotopic (exact) mass is 1100 g/mol. The number of rotatable bonds is 34. The van der Waals surface area contributed by atoms with Gasteiger partial charge in [-0.1, -0.05) is 68.3 Å². The minimum absolute atomic E-state index is 0.157. The third-order valence-electron chi connectivity index (χ3n) is 12.9. The average Bonchev–Trinajstić information content (AvgIpc) is 3.67. The molecule has 81 heavy (non-hydrogen) atoms. The molecule has 0 atom stereocenters. The molecule has 0 fully saturated rings. The Labute approximate surface area is 472 Å². The van der Waals surface area contributed by atoms with Gasteiger partial charge in [0, 0.05) is 40.0 Å². The topological polar surface area (TPSA) is 184 Å². The van der Waals surface area contributed by atoms with Crippen molar-refractivity contribution in [2.75, 3.05) is 45.1 Å². The zero-order valence-electron chi connectivity index (χ0n) is 45.5. The lowest BCUT2D eigenvalue weighted by molar-refractivity contribution is -0.138. The maximum absolute atomic E-state index is 14.2. The molecule has 0 unspecified atom stereocenters. The van der Waals surface area contributed by atoms with Crippen LogP contribution in [0.5, 0.6) is 28.7 Å². The number of benzene rings is 7. The summed E-state index contributed by atoms with van der Waals surface area (Å²) in [5, 5.41) is 9.68. The number of hydrogen-bond donors (Lipinski definition) is 1. The normalized spacial score (nSPS) is 11.0. The number of unbranched alkanes of at least 4 members (excludes halogenated alkanes) is 9.